The average molecular weight is 472 g/mol. The molecular weight excluding hydrogens is 456 g/mol. The molecule has 0 aliphatic heterocycles. The van der Waals surface area contributed by atoms with E-state index in [1.807, 2.05) is 30.3 Å². The van der Waals surface area contributed by atoms with Gasteiger partial charge in [-0.1, -0.05) is 45.6 Å². The number of benzene rings is 2. The molecule has 146 valence electrons. The summed E-state index contributed by atoms with van der Waals surface area (Å²) < 4.78 is 7.85. The maximum Gasteiger partial charge on any atom is 0.291 e. The first-order valence-electron chi connectivity index (χ1n) is 8.52. The minimum Gasteiger partial charge on any atom is -0.481 e. The summed E-state index contributed by atoms with van der Waals surface area (Å²) in [4.78, 5) is 12.3. The molecule has 8 heteroatoms. The van der Waals surface area contributed by atoms with Gasteiger partial charge in [0.25, 0.3) is 5.91 Å². The first-order valence-corrected chi connectivity index (χ1v) is 9.69. The first kappa shape index (κ1) is 20.6. The van der Waals surface area contributed by atoms with Crippen LogP contribution in [0.25, 0.3) is 0 Å². The molecule has 1 amide bonds. The van der Waals surface area contributed by atoms with Crippen LogP contribution < -0.4 is 10.2 Å². The SMILES string of the molecule is C#CCOc1ccc(Br)c(/C=N/NC(=O)c2ccn(Cc3ccc(Cl)cc3)n2)c1. The molecule has 0 aliphatic rings. The second-order valence-electron chi connectivity index (χ2n) is 5.90. The summed E-state index contributed by atoms with van der Waals surface area (Å²) >= 11 is 9.31. The molecule has 0 saturated heterocycles. The van der Waals surface area contributed by atoms with Gasteiger partial charge in [-0.15, -0.1) is 6.42 Å². The molecule has 3 rings (SSSR count). The number of nitrogens with zero attached hydrogens (tertiary/aromatic N) is 3. The molecule has 0 bridgehead atoms. The summed E-state index contributed by atoms with van der Waals surface area (Å²) in [5.41, 5.74) is 4.49. The first-order chi connectivity index (χ1) is 14.0. The van der Waals surface area contributed by atoms with Crippen molar-refractivity contribution in [3.05, 3.63) is 81.0 Å². The van der Waals surface area contributed by atoms with Crippen LogP contribution >= 0.6 is 27.5 Å². The lowest BCUT2D eigenvalue weighted by Crippen LogP contribution is -2.18. The fraction of sp³-hybridized carbons (Fsp3) is 0.0952. The van der Waals surface area contributed by atoms with Crippen molar-refractivity contribution in [2.24, 2.45) is 5.10 Å². The summed E-state index contributed by atoms with van der Waals surface area (Å²) in [6.45, 7) is 0.707. The minimum absolute atomic E-state index is 0.174. The number of halogens is 2. The zero-order chi connectivity index (χ0) is 20.6. The second kappa shape index (κ2) is 9.92. The Balaban J connectivity index is 1.60. The second-order valence-corrected chi connectivity index (χ2v) is 7.19. The monoisotopic (exact) mass is 470 g/mol. The fourth-order valence-corrected chi connectivity index (χ4v) is 2.88. The summed E-state index contributed by atoms with van der Waals surface area (Å²) in [5.74, 6) is 2.61. The fourth-order valence-electron chi connectivity index (χ4n) is 2.40. The van der Waals surface area contributed by atoms with E-state index in [0.717, 1.165) is 15.6 Å². The van der Waals surface area contributed by atoms with E-state index in [0.29, 0.717) is 17.3 Å². The van der Waals surface area contributed by atoms with Crippen LogP contribution in [0.4, 0.5) is 0 Å². The largest absolute Gasteiger partial charge is 0.481 e. The van der Waals surface area contributed by atoms with E-state index in [-0.39, 0.29) is 12.3 Å². The highest BCUT2D eigenvalue weighted by Crippen LogP contribution is 2.21. The molecular formula is C21H16BrClN4O2. The number of hydrazone groups is 1. The van der Waals surface area contributed by atoms with Crippen LogP contribution in [0.1, 0.15) is 21.6 Å². The van der Waals surface area contributed by atoms with Gasteiger partial charge < -0.3 is 4.74 Å². The van der Waals surface area contributed by atoms with Crippen LogP contribution in [0.3, 0.4) is 0 Å². The topological polar surface area (TPSA) is 68.5 Å². The van der Waals surface area contributed by atoms with E-state index in [1.54, 1.807) is 29.1 Å². The molecule has 0 atom stereocenters. The van der Waals surface area contributed by atoms with Gasteiger partial charge in [-0.2, -0.15) is 10.2 Å². The predicted octanol–water partition coefficient (Wildman–Crippen LogP) is 4.12. The number of hydrogen-bond donors (Lipinski definition) is 1. The van der Waals surface area contributed by atoms with Crippen LogP contribution in [0.2, 0.25) is 5.02 Å². The Hall–Kier alpha value is -3.08. The van der Waals surface area contributed by atoms with Crippen molar-refractivity contribution >= 4 is 39.7 Å². The molecule has 1 heterocycles. The Kier molecular flexibility index (Phi) is 7.06. The van der Waals surface area contributed by atoms with Gasteiger partial charge in [0.1, 0.15) is 12.4 Å². The van der Waals surface area contributed by atoms with E-state index in [1.165, 1.54) is 6.21 Å². The van der Waals surface area contributed by atoms with Crippen molar-refractivity contribution in [1.29, 1.82) is 0 Å². The molecule has 1 N–H and O–H groups in total. The van der Waals surface area contributed by atoms with E-state index in [4.69, 9.17) is 22.8 Å². The summed E-state index contributed by atoms with van der Waals surface area (Å²) in [7, 11) is 0. The summed E-state index contributed by atoms with van der Waals surface area (Å²) in [5, 5.41) is 8.93. The highest BCUT2D eigenvalue weighted by Gasteiger charge is 2.09. The lowest BCUT2D eigenvalue weighted by Gasteiger charge is -2.04. The number of rotatable bonds is 7. The molecule has 6 nitrogen and oxygen atoms in total. The summed E-state index contributed by atoms with van der Waals surface area (Å²) in [6, 6.07) is 14.4. The number of hydrogen-bond acceptors (Lipinski definition) is 4. The minimum atomic E-state index is -0.410. The molecule has 0 saturated carbocycles. The predicted molar refractivity (Wildman–Crippen MR) is 116 cm³/mol. The number of aromatic nitrogens is 2. The van der Waals surface area contributed by atoms with Crippen molar-refractivity contribution in [2.45, 2.75) is 6.54 Å². The van der Waals surface area contributed by atoms with Crippen LogP contribution in [0, 0.1) is 12.3 Å². The van der Waals surface area contributed by atoms with Crippen molar-refractivity contribution in [1.82, 2.24) is 15.2 Å². The zero-order valence-corrected chi connectivity index (χ0v) is 17.5. The molecule has 0 radical (unpaired) electrons. The van der Waals surface area contributed by atoms with E-state index in [9.17, 15) is 4.79 Å². The van der Waals surface area contributed by atoms with Crippen LogP contribution in [0.15, 0.2) is 64.3 Å². The van der Waals surface area contributed by atoms with Gasteiger partial charge in [0.15, 0.2) is 5.69 Å². The number of terminal acetylenes is 1. The lowest BCUT2D eigenvalue weighted by atomic mass is 10.2. The highest BCUT2D eigenvalue weighted by molar-refractivity contribution is 9.10. The van der Waals surface area contributed by atoms with Crippen molar-refractivity contribution < 1.29 is 9.53 Å². The number of carbonyl (C=O) groups is 1. The van der Waals surface area contributed by atoms with Crippen molar-refractivity contribution in [2.75, 3.05) is 6.61 Å². The molecule has 1 aromatic heterocycles. The number of carbonyl (C=O) groups excluding carboxylic acids is 1. The maximum absolute atomic E-state index is 12.3. The van der Waals surface area contributed by atoms with E-state index in [2.05, 4.69) is 37.5 Å². The zero-order valence-electron chi connectivity index (χ0n) is 15.2. The van der Waals surface area contributed by atoms with Gasteiger partial charge in [-0.25, -0.2) is 5.43 Å². The number of amides is 1. The third-order valence-corrected chi connectivity index (χ3v) is 4.76. The van der Waals surface area contributed by atoms with Crippen molar-refractivity contribution in [3.63, 3.8) is 0 Å². The Labute approximate surface area is 181 Å². The lowest BCUT2D eigenvalue weighted by molar-refractivity contribution is 0.0949. The normalized spacial score (nSPS) is 10.7. The standard InChI is InChI=1S/C21H16BrClN4O2/c1-2-11-29-18-7-8-19(22)16(12-18)13-24-25-21(28)20-9-10-27(26-20)14-15-3-5-17(23)6-4-15/h1,3-10,12-13H,11,14H2,(H,25,28)/b24-13+. The average Bonchev–Trinajstić information content (AvgIpc) is 3.18. The molecule has 3 aromatic rings. The smallest absolute Gasteiger partial charge is 0.291 e. The highest BCUT2D eigenvalue weighted by atomic mass is 79.9. The van der Waals surface area contributed by atoms with Gasteiger partial charge >= 0.3 is 0 Å². The third kappa shape index (κ3) is 5.95. The molecule has 0 fully saturated rings. The van der Waals surface area contributed by atoms with Crippen LogP contribution in [0.5, 0.6) is 5.75 Å². The van der Waals surface area contributed by atoms with Gasteiger partial charge in [0.2, 0.25) is 0 Å². The molecule has 0 spiro atoms. The van der Waals surface area contributed by atoms with E-state index < -0.39 is 5.91 Å². The van der Waals surface area contributed by atoms with Gasteiger partial charge in [-0.3, -0.25) is 9.48 Å². The van der Waals surface area contributed by atoms with Gasteiger partial charge in [0.05, 0.1) is 12.8 Å². The Morgan fingerprint density at radius 2 is 2.10 bits per heavy atom. The molecule has 0 unspecified atom stereocenters. The third-order valence-electron chi connectivity index (χ3n) is 3.79. The van der Waals surface area contributed by atoms with Gasteiger partial charge in [0, 0.05) is 21.3 Å². The Bertz CT molecular complexity index is 1070. The van der Waals surface area contributed by atoms with Crippen LogP contribution in [-0.2, 0) is 6.54 Å². The number of ether oxygens (including phenoxy) is 1. The van der Waals surface area contributed by atoms with Crippen molar-refractivity contribution in [3.8, 4) is 18.1 Å². The van der Waals surface area contributed by atoms with Crippen LogP contribution in [-0.4, -0.2) is 28.5 Å². The summed E-state index contributed by atoms with van der Waals surface area (Å²) in [6.07, 6.45) is 8.43. The van der Waals surface area contributed by atoms with Gasteiger partial charge in [-0.05, 0) is 42.0 Å². The molecule has 29 heavy (non-hydrogen) atoms. The maximum atomic E-state index is 12.3. The molecule has 2 aromatic carbocycles. The Morgan fingerprint density at radius 3 is 2.86 bits per heavy atom. The Morgan fingerprint density at radius 1 is 1.31 bits per heavy atom. The number of nitrogens with one attached hydrogen (secondary N) is 1. The van der Waals surface area contributed by atoms with E-state index >= 15 is 0 Å². The molecule has 0 aliphatic carbocycles. The quantitative estimate of drug-likeness (QED) is 0.320.